The molecule has 0 aromatic heterocycles. The first-order valence-electron chi connectivity index (χ1n) is 6.31. The van der Waals surface area contributed by atoms with E-state index in [1.54, 1.807) is 6.07 Å². The maximum atomic E-state index is 13.9. The Balaban J connectivity index is 2.48. The molecule has 0 spiro atoms. The Morgan fingerprint density at radius 2 is 1.61 bits per heavy atom. The molecule has 1 unspecified atom stereocenters. The van der Waals surface area contributed by atoms with E-state index in [0.717, 1.165) is 17.7 Å². The second-order valence-corrected chi connectivity index (χ2v) is 4.35. The first-order valence-corrected chi connectivity index (χ1v) is 6.31. The summed E-state index contributed by atoms with van der Waals surface area (Å²) < 4.78 is 13.9. The normalized spacial score (nSPS) is 12.4. The molecule has 0 aliphatic rings. The van der Waals surface area contributed by atoms with Crippen molar-refractivity contribution in [1.82, 2.24) is 5.32 Å². The van der Waals surface area contributed by atoms with Crippen LogP contribution >= 0.6 is 0 Å². The van der Waals surface area contributed by atoms with Crippen LogP contribution in [0.15, 0.2) is 48.5 Å². The molecular weight excluding hydrogens is 225 g/mol. The van der Waals surface area contributed by atoms with Crippen molar-refractivity contribution in [2.75, 3.05) is 6.54 Å². The van der Waals surface area contributed by atoms with Crippen LogP contribution in [0.2, 0.25) is 0 Å². The minimum absolute atomic E-state index is 0.173. The van der Waals surface area contributed by atoms with Crippen molar-refractivity contribution < 1.29 is 4.39 Å². The smallest absolute Gasteiger partial charge is 0.131 e. The molecule has 2 rings (SSSR count). The highest BCUT2D eigenvalue weighted by molar-refractivity contribution is 5.68. The summed E-state index contributed by atoms with van der Waals surface area (Å²) in [7, 11) is 0. The molecule has 18 heavy (non-hydrogen) atoms. The number of hydrogen-bond acceptors (Lipinski definition) is 1. The molecule has 1 atom stereocenters. The summed E-state index contributed by atoms with van der Waals surface area (Å²) >= 11 is 0. The van der Waals surface area contributed by atoms with E-state index in [2.05, 4.69) is 25.2 Å². The van der Waals surface area contributed by atoms with Crippen LogP contribution in [0, 0.1) is 5.82 Å². The van der Waals surface area contributed by atoms with Crippen LogP contribution in [-0.4, -0.2) is 6.54 Å². The minimum atomic E-state index is -0.173. The fourth-order valence-corrected chi connectivity index (χ4v) is 2.22. The van der Waals surface area contributed by atoms with Gasteiger partial charge in [0.1, 0.15) is 5.82 Å². The van der Waals surface area contributed by atoms with Gasteiger partial charge in [-0.3, -0.25) is 0 Å². The van der Waals surface area contributed by atoms with E-state index >= 15 is 0 Å². The molecule has 0 amide bonds. The molecule has 0 saturated carbocycles. The van der Waals surface area contributed by atoms with Crippen molar-refractivity contribution in [3.05, 3.63) is 59.9 Å². The standard InChI is InChI=1S/C16H18FN/c1-3-18-12(2)13-8-4-5-9-14(13)15-10-6-7-11-16(15)17/h4-12,18H,3H2,1-2H3. The molecule has 0 saturated heterocycles. The Morgan fingerprint density at radius 3 is 2.28 bits per heavy atom. The van der Waals surface area contributed by atoms with Gasteiger partial charge in [-0.15, -0.1) is 0 Å². The van der Waals surface area contributed by atoms with E-state index in [1.165, 1.54) is 6.07 Å². The molecule has 2 heteroatoms. The van der Waals surface area contributed by atoms with Gasteiger partial charge in [-0.2, -0.15) is 0 Å². The van der Waals surface area contributed by atoms with Crippen LogP contribution in [0.4, 0.5) is 4.39 Å². The van der Waals surface area contributed by atoms with Crippen LogP contribution in [0.3, 0.4) is 0 Å². The van der Waals surface area contributed by atoms with E-state index in [-0.39, 0.29) is 11.9 Å². The quantitative estimate of drug-likeness (QED) is 0.850. The summed E-state index contributed by atoms with van der Waals surface area (Å²) in [5.74, 6) is -0.173. The number of nitrogens with one attached hydrogen (secondary N) is 1. The zero-order chi connectivity index (χ0) is 13.0. The van der Waals surface area contributed by atoms with Crippen LogP contribution in [0.1, 0.15) is 25.5 Å². The third kappa shape index (κ3) is 2.59. The summed E-state index contributed by atoms with van der Waals surface area (Å²) in [5, 5.41) is 3.37. The largest absolute Gasteiger partial charge is 0.310 e. The Kier molecular flexibility index (Phi) is 4.11. The van der Waals surface area contributed by atoms with E-state index in [0.29, 0.717) is 5.56 Å². The third-order valence-electron chi connectivity index (χ3n) is 3.10. The van der Waals surface area contributed by atoms with Crippen LogP contribution in [0.25, 0.3) is 11.1 Å². The molecule has 0 aliphatic carbocycles. The van der Waals surface area contributed by atoms with Gasteiger partial charge in [-0.1, -0.05) is 49.4 Å². The average Bonchev–Trinajstić information content (AvgIpc) is 2.40. The monoisotopic (exact) mass is 243 g/mol. The second-order valence-electron chi connectivity index (χ2n) is 4.35. The van der Waals surface area contributed by atoms with Crippen LogP contribution in [-0.2, 0) is 0 Å². The van der Waals surface area contributed by atoms with Crippen LogP contribution < -0.4 is 5.32 Å². The Labute approximate surface area is 108 Å². The molecule has 0 radical (unpaired) electrons. The predicted molar refractivity (Wildman–Crippen MR) is 73.9 cm³/mol. The maximum Gasteiger partial charge on any atom is 0.131 e. The van der Waals surface area contributed by atoms with Gasteiger partial charge < -0.3 is 5.32 Å². The predicted octanol–water partition coefficient (Wildman–Crippen LogP) is 4.16. The number of halogens is 1. The Bertz CT molecular complexity index is 522. The molecule has 94 valence electrons. The van der Waals surface area contributed by atoms with Crippen molar-refractivity contribution in [1.29, 1.82) is 0 Å². The summed E-state index contributed by atoms with van der Waals surface area (Å²) in [4.78, 5) is 0. The average molecular weight is 243 g/mol. The zero-order valence-electron chi connectivity index (χ0n) is 10.8. The van der Waals surface area contributed by atoms with Crippen LogP contribution in [0.5, 0.6) is 0 Å². The van der Waals surface area contributed by atoms with E-state index < -0.39 is 0 Å². The first kappa shape index (κ1) is 12.8. The number of benzene rings is 2. The fourth-order valence-electron chi connectivity index (χ4n) is 2.22. The lowest BCUT2D eigenvalue weighted by Gasteiger charge is -2.17. The SMILES string of the molecule is CCNC(C)c1ccccc1-c1ccccc1F. The highest BCUT2D eigenvalue weighted by Crippen LogP contribution is 2.29. The lowest BCUT2D eigenvalue weighted by atomic mass is 9.95. The minimum Gasteiger partial charge on any atom is -0.310 e. The number of hydrogen-bond donors (Lipinski definition) is 1. The van der Waals surface area contributed by atoms with Gasteiger partial charge in [0, 0.05) is 11.6 Å². The van der Waals surface area contributed by atoms with Crippen molar-refractivity contribution in [3.8, 4) is 11.1 Å². The summed E-state index contributed by atoms with van der Waals surface area (Å²) in [6.07, 6.45) is 0. The first-order chi connectivity index (χ1) is 8.74. The summed E-state index contributed by atoms with van der Waals surface area (Å²) in [5.41, 5.74) is 2.76. The fraction of sp³-hybridized carbons (Fsp3) is 0.250. The summed E-state index contributed by atoms with van der Waals surface area (Å²) in [6.45, 7) is 5.07. The third-order valence-corrected chi connectivity index (χ3v) is 3.10. The van der Waals surface area contributed by atoms with Crippen molar-refractivity contribution in [2.24, 2.45) is 0 Å². The van der Waals surface area contributed by atoms with Gasteiger partial charge in [0.05, 0.1) is 0 Å². The Morgan fingerprint density at radius 1 is 1.00 bits per heavy atom. The lowest BCUT2D eigenvalue weighted by molar-refractivity contribution is 0.597. The van der Waals surface area contributed by atoms with Gasteiger partial charge in [0.15, 0.2) is 0 Å². The van der Waals surface area contributed by atoms with Gasteiger partial charge in [-0.05, 0) is 30.7 Å². The molecule has 2 aromatic rings. The molecule has 0 bridgehead atoms. The van der Waals surface area contributed by atoms with Gasteiger partial charge in [0.25, 0.3) is 0 Å². The Hall–Kier alpha value is -1.67. The molecular formula is C16H18FN. The van der Waals surface area contributed by atoms with E-state index in [1.807, 2.05) is 30.3 Å². The van der Waals surface area contributed by atoms with Gasteiger partial charge in [-0.25, -0.2) is 4.39 Å². The molecule has 2 aromatic carbocycles. The van der Waals surface area contributed by atoms with E-state index in [4.69, 9.17) is 0 Å². The topological polar surface area (TPSA) is 12.0 Å². The maximum absolute atomic E-state index is 13.9. The second kappa shape index (κ2) is 5.78. The highest BCUT2D eigenvalue weighted by Gasteiger charge is 2.12. The molecule has 0 fully saturated rings. The zero-order valence-corrected chi connectivity index (χ0v) is 10.8. The molecule has 0 heterocycles. The summed E-state index contributed by atoms with van der Waals surface area (Å²) in [6, 6.07) is 15.1. The molecule has 1 nitrogen and oxygen atoms in total. The number of rotatable bonds is 4. The lowest BCUT2D eigenvalue weighted by Crippen LogP contribution is -2.18. The van der Waals surface area contributed by atoms with Crippen molar-refractivity contribution in [3.63, 3.8) is 0 Å². The van der Waals surface area contributed by atoms with E-state index in [9.17, 15) is 4.39 Å². The molecule has 1 N–H and O–H groups in total. The van der Waals surface area contributed by atoms with Gasteiger partial charge >= 0.3 is 0 Å². The van der Waals surface area contributed by atoms with Crippen molar-refractivity contribution >= 4 is 0 Å². The highest BCUT2D eigenvalue weighted by atomic mass is 19.1. The molecule has 0 aliphatic heterocycles. The van der Waals surface area contributed by atoms with Gasteiger partial charge in [0.2, 0.25) is 0 Å². The van der Waals surface area contributed by atoms with Crippen molar-refractivity contribution in [2.45, 2.75) is 19.9 Å².